The average Bonchev–Trinajstić information content (AvgIpc) is 3.89. The molecule has 0 saturated carbocycles. The van der Waals surface area contributed by atoms with Crippen molar-refractivity contribution in [2.24, 2.45) is 5.41 Å². The number of hydrogen-bond acceptors (Lipinski definition) is 3. The molecule has 0 aliphatic heterocycles. The van der Waals surface area contributed by atoms with Gasteiger partial charge in [-0.1, -0.05) is 112 Å². The summed E-state index contributed by atoms with van der Waals surface area (Å²) in [7, 11) is 0. The first-order valence-corrected chi connectivity index (χ1v) is 29.7. The van der Waals surface area contributed by atoms with E-state index >= 15 is 0 Å². The van der Waals surface area contributed by atoms with Gasteiger partial charge in [-0.25, -0.2) is 0 Å². The van der Waals surface area contributed by atoms with Crippen LogP contribution >= 0.6 is 0 Å². The summed E-state index contributed by atoms with van der Waals surface area (Å²) in [6, 6.07) is 49.8. The van der Waals surface area contributed by atoms with Crippen LogP contribution < -0.4 is 4.40 Å². The standard InChI is InChI=1S/C39H31N2O.C20H28GeN.Ir/c1-23(2)27-12-9-13-28(24(3)4)37(27)41-35-15-8-7-14-34(35)40-39(41)26-17-21-36-33(22-26)32-20-19-30-29-11-6-5-10-25(29)16-18-31(30)38(32)42-36;1-15-8-10-16(11-9-15)19-12-17(13-20(2,3)4)18(14-22-19)21(5,6)7;/h5-16,18-24H,1-4H3;8-10,12,14H,13H2,1-7H3;/q2*-1;/i;1D3,13D2;. The number of aromatic nitrogens is 3. The van der Waals surface area contributed by atoms with Crippen molar-refractivity contribution in [1.82, 2.24) is 14.5 Å². The quantitative estimate of drug-likeness (QED) is 0.0907. The van der Waals surface area contributed by atoms with Gasteiger partial charge in [0.05, 0.1) is 22.4 Å². The molecule has 3 heterocycles. The molecule has 65 heavy (non-hydrogen) atoms. The van der Waals surface area contributed by atoms with E-state index in [1.807, 2.05) is 39.1 Å². The van der Waals surface area contributed by atoms with Crippen LogP contribution in [0.2, 0.25) is 17.3 Å². The fraction of sp³-hybridized carbons (Fsp3) is 0.254. The van der Waals surface area contributed by atoms with Crippen molar-refractivity contribution >= 4 is 72.2 Å². The number of imidazole rings is 1. The monoisotopic (exact) mass is 1100 g/mol. The molecule has 7 aromatic carbocycles. The van der Waals surface area contributed by atoms with Crippen LogP contribution in [0.25, 0.3) is 82.8 Å². The number of benzene rings is 7. The van der Waals surface area contributed by atoms with E-state index in [4.69, 9.17) is 16.3 Å². The van der Waals surface area contributed by atoms with Gasteiger partial charge in [0, 0.05) is 36.6 Å². The van der Waals surface area contributed by atoms with Crippen LogP contribution in [0, 0.1) is 24.4 Å². The maximum atomic E-state index is 8.80. The van der Waals surface area contributed by atoms with Gasteiger partial charge in [-0.2, -0.15) is 0 Å². The third-order valence-electron chi connectivity index (χ3n) is 12.0. The Bertz CT molecular complexity index is 3530. The molecule has 0 spiro atoms. The van der Waals surface area contributed by atoms with Gasteiger partial charge in [0.25, 0.3) is 0 Å². The van der Waals surface area contributed by atoms with Gasteiger partial charge in [-0.15, -0.1) is 23.8 Å². The summed E-state index contributed by atoms with van der Waals surface area (Å²) in [5.41, 5.74) is 10.3. The first-order chi connectivity index (χ1) is 32.5. The molecular weight excluding hydrogens is 1030 g/mol. The van der Waals surface area contributed by atoms with Crippen LogP contribution in [0.5, 0.6) is 0 Å². The van der Waals surface area contributed by atoms with Crippen LogP contribution in [0.4, 0.5) is 0 Å². The number of rotatable bonds is 7. The fourth-order valence-electron chi connectivity index (χ4n) is 8.89. The Labute approximate surface area is 408 Å². The van der Waals surface area contributed by atoms with Crippen molar-refractivity contribution in [3.63, 3.8) is 0 Å². The smallest absolute Gasteiger partial charge is 0 e. The topological polar surface area (TPSA) is 43.9 Å². The molecule has 0 atom stereocenters. The first kappa shape index (κ1) is 40.0. The molecule has 3 aromatic heterocycles. The van der Waals surface area contributed by atoms with Crippen LogP contribution in [0.1, 0.15) is 89.4 Å². The zero-order chi connectivity index (χ0) is 49.4. The minimum atomic E-state index is -2.36. The van der Waals surface area contributed by atoms with Crippen molar-refractivity contribution in [3.8, 4) is 28.3 Å². The van der Waals surface area contributed by atoms with Gasteiger partial charge in [0.15, 0.2) is 0 Å². The van der Waals surface area contributed by atoms with Crippen molar-refractivity contribution in [2.45, 2.75) is 90.8 Å². The third-order valence-corrected chi connectivity index (χ3v) is 16.2. The van der Waals surface area contributed by atoms with Gasteiger partial charge in [0.1, 0.15) is 5.58 Å². The second-order valence-corrected chi connectivity index (χ2v) is 30.2. The van der Waals surface area contributed by atoms with E-state index < -0.39 is 31.9 Å². The van der Waals surface area contributed by atoms with Crippen LogP contribution in [-0.4, -0.2) is 27.8 Å². The summed E-state index contributed by atoms with van der Waals surface area (Å²) in [6.07, 6.45) is 0.303. The molecule has 331 valence electrons. The van der Waals surface area contributed by atoms with Gasteiger partial charge in [-0.3, -0.25) is 4.98 Å². The molecule has 0 unspecified atom stereocenters. The Morgan fingerprint density at radius 3 is 2.09 bits per heavy atom. The van der Waals surface area contributed by atoms with Crippen LogP contribution in [0.15, 0.2) is 138 Å². The zero-order valence-corrected chi connectivity index (χ0v) is 43.4. The molecule has 0 N–H and O–H groups in total. The van der Waals surface area contributed by atoms with Crippen molar-refractivity contribution in [3.05, 3.63) is 168 Å². The number of hydrogen-bond donors (Lipinski definition) is 0. The maximum absolute atomic E-state index is 8.80. The predicted molar refractivity (Wildman–Crippen MR) is 275 cm³/mol. The molecule has 1 radical (unpaired) electrons. The first-order valence-electron chi connectivity index (χ1n) is 24.9. The average molecular weight is 1100 g/mol. The van der Waals surface area contributed by atoms with E-state index in [1.54, 1.807) is 12.1 Å². The summed E-state index contributed by atoms with van der Waals surface area (Å²) >= 11 is -2.36. The minimum Gasteiger partial charge on any atom is 0 e. The summed E-state index contributed by atoms with van der Waals surface area (Å²) in [5.74, 6) is 8.32. The van der Waals surface area contributed by atoms with Crippen molar-refractivity contribution in [2.75, 3.05) is 0 Å². The molecule has 10 rings (SSSR count). The SMILES string of the molecule is CC(C)c1cccc(C(C)C)c1-n1c(-c2[c-]cc3oc4c(ccc5c6ccccc6ccc54)c3c2)nc2ccccc21.[2H]C([2H])([2H])c1c[c-]c(-c2cc(C([2H])([2H])C(C)(C)C)[c]([Ge]([CH3])([CH3])[CH3])cn2)cc1.[Ir]. The van der Waals surface area contributed by atoms with Gasteiger partial charge in [0.2, 0.25) is 0 Å². The van der Waals surface area contributed by atoms with E-state index in [0.717, 1.165) is 54.1 Å². The maximum Gasteiger partial charge on any atom is 0 e. The molecule has 0 saturated heterocycles. The Hall–Kier alpha value is -5.33. The molecule has 0 amide bonds. The van der Waals surface area contributed by atoms with Crippen LogP contribution in [0.3, 0.4) is 0 Å². The van der Waals surface area contributed by atoms with Crippen molar-refractivity contribution in [1.29, 1.82) is 0 Å². The number of pyridine rings is 1. The molecule has 0 aliphatic rings. The summed E-state index contributed by atoms with van der Waals surface area (Å²) in [6.45, 7) is 12.6. The largest absolute Gasteiger partial charge is 0 e. The number of aryl methyl sites for hydroxylation is 1. The van der Waals surface area contributed by atoms with Gasteiger partial charge < -0.3 is 8.98 Å². The molecular formula is C59H59GeIrN3O-2. The third kappa shape index (κ3) is 9.13. The van der Waals surface area contributed by atoms with Crippen LogP contribution in [-0.2, 0) is 26.5 Å². The molecule has 0 fully saturated rings. The number of para-hydroxylation sites is 3. The minimum absolute atomic E-state index is 0. The molecule has 0 bridgehead atoms. The zero-order valence-electron chi connectivity index (χ0n) is 43.9. The fourth-order valence-corrected chi connectivity index (χ4v) is 11.8. The molecule has 6 heteroatoms. The van der Waals surface area contributed by atoms with Gasteiger partial charge in [-0.05, 0) is 51.3 Å². The van der Waals surface area contributed by atoms with E-state index in [-0.39, 0.29) is 25.7 Å². The van der Waals surface area contributed by atoms with E-state index in [0.29, 0.717) is 28.7 Å². The van der Waals surface area contributed by atoms with E-state index in [9.17, 15) is 0 Å². The molecule has 10 aromatic rings. The summed E-state index contributed by atoms with van der Waals surface area (Å²) in [5, 5.41) is 6.99. The molecule has 0 aliphatic carbocycles. The van der Waals surface area contributed by atoms with Crippen molar-refractivity contribution < 1.29 is 31.4 Å². The summed E-state index contributed by atoms with van der Waals surface area (Å²) < 4.78 is 50.0. The Balaban J connectivity index is 0.000000205. The number of nitrogens with zero attached hydrogens (tertiary/aromatic N) is 3. The van der Waals surface area contributed by atoms with E-state index in [2.05, 4.69) is 164 Å². The number of furan rings is 1. The normalized spacial score (nSPS) is 13.7. The Morgan fingerprint density at radius 1 is 0.723 bits per heavy atom. The van der Waals surface area contributed by atoms with E-state index in [1.165, 1.54) is 39.0 Å². The van der Waals surface area contributed by atoms with Gasteiger partial charge >= 0.3 is 145 Å². The predicted octanol–water partition coefficient (Wildman–Crippen LogP) is 15.9. The second kappa shape index (κ2) is 18.2. The summed E-state index contributed by atoms with van der Waals surface area (Å²) in [4.78, 5) is 9.79. The Kier molecular flexibility index (Phi) is 11.2. The second-order valence-electron chi connectivity index (χ2n) is 19.6. The molecule has 4 nitrogen and oxygen atoms in total. The number of fused-ring (bicyclic) bond motifs is 8. The Morgan fingerprint density at radius 2 is 1.40 bits per heavy atom.